The Bertz CT molecular complexity index is 1450. The minimum Gasteiger partial charge on any atom is -0.344 e. The van der Waals surface area contributed by atoms with Gasteiger partial charge in [-0.15, -0.1) is 10.2 Å². The summed E-state index contributed by atoms with van der Waals surface area (Å²) in [5.41, 5.74) is 9.71. The van der Waals surface area contributed by atoms with Crippen molar-refractivity contribution < 1.29 is 9.59 Å². The number of carbonyl (C=O) groups is 2. The maximum Gasteiger partial charge on any atom is 0.247 e. The van der Waals surface area contributed by atoms with Crippen molar-refractivity contribution in [1.82, 2.24) is 30.9 Å². The molecule has 2 aromatic carbocycles. The molecule has 0 aliphatic heterocycles. The number of hydrogen-bond acceptors (Lipinski definition) is 7. The van der Waals surface area contributed by atoms with E-state index < -0.39 is 6.04 Å². The van der Waals surface area contributed by atoms with Gasteiger partial charge in [-0.1, -0.05) is 24.3 Å². The lowest BCUT2D eigenvalue weighted by Gasteiger charge is -2.28. The van der Waals surface area contributed by atoms with Gasteiger partial charge in [-0.3, -0.25) is 14.4 Å². The van der Waals surface area contributed by atoms with Crippen LogP contribution in [0.5, 0.6) is 0 Å². The molecule has 40 heavy (non-hydrogen) atoms. The number of hydrogen-bond donors (Lipinski definition) is 5. The maximum absolute atomic E-state index is 13.5. The number of benzene rings is 2. The van der Waals surface area contributed by atoms with Crippen LogP contribution in [0.15, 0.2) is 71.7 Å². The van der Waals surface area contributed by atoms with E-state index in [9.17, 15) is 14.4 Å². The minimum absolute atomic E-state index is 0.104. The molecule has 11 heteroatoms. The Morgan fingerprint density at radius 3 is 2.25 bits per heavy atom. The average molecular weight is 541 g/mol. The predicted octanol–water partition coefficient (Wildman–Crippen LogP) is 2.65. The zero-order valence-electron chi connectivity index (χ0n) is 22.0. The molecule has 0 unspecified atom stereocenters. The van der Waals surface area contributed by atoms with Crippen LogP contribution in [0.1, 0.15) is 31.2 Å². The summed E-state index contributed by atoms with van der Waals surface area (Å²) in [4.78, 5) is 40.7. The molecule has 0 spiro atoms. The van der Waals surface area contributed by atoms with Crippen LogP contribution in [0.3, 0.4) is 0 Å². The fourth-order valence-corrected chi connectivity index (χ4v) is 5.03. The van der Waals surface area contributed by atoms with Crippen LogP contribution >= 0.6 is 0 Å². The van der Waals surface area contributed by atoms with E-state index in [0.29, 0.717) is 30.4 Å². The van der Waals surface area contributed by atoms with Crippen LogP contribution in [0.25, 0.3) is 22.5 Å². The molecule has 11 nitrogen and oxygen atoms in total. The van der Waals surface area contributed by atoms with E-state index >= 15 is 0 Å². The molecule has 2 amide bonds. The molecule has 1 saturated carbocycles. The summed E-state index contributed by atoms with van der Waals surface area (Å²) in [5, 5.41) is 19.9. The molecule has 1 aliphatic rings. The van der Waals surface area contributed by atoms with Crippen molar-refractivity contribution in [3.05, 3.63) is 82.8 Å². The molecule has 1 fully saturated rings. The van der Waals surface area contributed by atoms with Gasteiger partial charge >= 0.3 is 0 Å². The van der Waals surface area contributed by atoms with Crippen LogP contribution in [0.2, 0.25) is 0 Å². The Morgan fingerprint density at radius 1 is 0.925 bits per heavy atom. The van der Waals surface area contributed by atoms with Crippen LogP contribution in [0, 0.1) is 11.8 Å². The van der Waals surface area contributed by atoms with E-state index in [2.05, 4.69) is 36.2 Å². The second-order valence-electron chi connectivity index (χ2n) is 10.2. The first kappa shape index (κ1) is 26.9. The van der Waals surface area contributed by atoms with E-state index in [1.807, 2.05) is 24.3 Å². The highest BCUT2D eigenvalue weighted by Gasteiger charge is 2.29. The lowest BCUT2D eigenvalue weighted by Crippen LogP contribution is -2.48. The fourth-order valence-electron chi connectivity index (χ4n) is 5.03. The van der Waals surface area contributed by atoms with Crippen molar-refractivity contribution in [2.24, 2.45) is 17.6 Å². The first-order chi connectivity index (χ1) is 19.5. The van der Waals surface area contributed by atoms with E-state index in [0.717, 1.165) is 47.9 Å². The van der Waals surface area contributed by atoms with Gasteiger partial charge in [0.2, 0.25) is 23.2 Å². The lowest BCUT2D eigenvalue weighted by molar-refractivity contribution is -0.130. The van der Waals surface area contributed by atoms with Crippen molar-refractivity contribution in [3.63, 3.8) is 0 Å². The summed E-state index contributed by atoms with van der Waals surface area (Å²) >= 11 is 0. The first-order valence-corrected chi connectivity index (χ1v) is 13.4. The summed E-state index contributed by atoms with van der Waals surface area (Å²) < 4.78 is 0. The predicted molar refractivity (Wildman–Crippen MR) is 151 cm³/mol. The Morgan fingerprint density at radius 2 is 1.62 bits per heavy atom. The van der Waals surface area contributed by atoms with Crippen molar-refractivity contribution in [2.75, 3.05) is 11.9 Å². The number of rotatable bonds is 9. The first-order valence-electron chi connectivity index (χ1n) is 13.4. The molecule has 0 radical (unpaired) electrons. The number of nitrogens with one attached hydrogen (secondary N) is 4. The van der Waals surface area contributed by atoms with Crippen molar-refractivity contribution >= 4 is 17.5 Å². The number of pyridine rings is 1. The third-order valence-corrected chi connectivity index (χ3v) is 7.45. The van der Waals surface area contributed by atoms with Crippen LogP contribution < -0.4 is 21.9 Å². The molecule has 1 aliphatic carbocycles. The Kier molecular flexibility index (Phi) is 8.41. The Balaban J connectivity index is 1.30. The number of aromatic nitrogens is 5. The molecule has 6 N–H and O–H groups in total. The molecule has 4 aromatic rings. The smallest absolute Gasteiger partial charge is 0.247 e. The van der Waals surface area contributed by atoms with Gasteiger partial charge in [0.1, 0.15) is 6.04 Å². The molecule has 0 bridgehead atoms. The van der Waals surface area contributed by atoms with Gasteiger partial charge in [0, 0.05) is 35.9 Å². The lowest BCUT2D eigenvalue weighted by atomic mass is 9.81. The Hall–Kier alpha value is -4.64. The molecule has 2 aromatic heterocycles. The molecular formula is C29H32N8O3. The van der Waals surface area contributed by atoms with E-state index in [-0.39, 0.29) is 23.3 Å². The molecule has 1 atom stereocenters. The van der Waals surface area contributed by atoms with Gasteiger partial charge in [-0.05, 0) is 90.4 Å². The highest BCUT2D eigenvalue weighted by Crippen LogP contribution is 2.28. The summed E-state index contributed by atoms with van der Waals surface area (Å²) in [6.07, 6.45) is 5.37. The highest BCUT2D eigenvalue weighted by molar-refractivity contribution is 5.97. The normalized spacial score (nSPS) is 17.6. The number of amides is 2. The molecular weight excluding hydrogens is 508 g/mol. The van der Waals surface area contributed by atoms with Gasteiger partial charge in [0.15, 0.2) is 0 Å². The number of aromatic amines is 2. The standard InChI is InChI=1S/C29H32N8O3/c30-16-19-3-7-22(8-4-19)28(39)33-25(15-18-1-5-20(6-2-18)23-11-14-26(38)31-17-23)29(40)32-24-12-9-21(10-13-24)27-34-36-37-35-27/h1-2,5-6,9-14,17,19,22,25H,3-4,7-8,15-16,30H2,(H,31,38)(H,32,40)(H,33,39)(H,34,35,36,37)/t19?,22?,25-/m0/s1. The van der Waals surface area contributed by atoms with Crippen LogP contribution in [-0.4, -0.2) is 50.0 Å². The number of H-pyrrole nitrogens is 2. The van der Waals surface area contributed by atoms with E-state index in [4.69, 9.17) is 5.73 Å². The quantitative estimate of drug-likeness (QED) is 0.217. The van der Waals surface area contributed by atoms with Crippen LogP contribution in [-0.2, 0) is 16.0 Å². The van der Waals surface area contributed by atoms with Crippen molar-refractivity contribution in [2.45, 2.75) is 38.1 Å². The number of carbonyl (C=O) groups excluding carboxylic acids is 2. The average Bonchev–Trinajstić information content (AvgIpc) is 3.53. The third-order valence-electron chi connectivity index (χ3n) is 7.45. The zero-order chi connectivity index (χ0) is 27.9. The topological polar surface area (TPSA) is 172 Å². The third kappa shape index (κ3) is 6.67. The molecule has 5 rings (SSSR count). The van der Waals surface area contributed by atoms with Gasteiger partial charge in [-0.25, -0.2) is 0 Å². The summed E-state index contributed by atoms with van der Waals surface area (Å²) in [6, 6.07) is 17.3. The van der Waals surface area contributed by atoms with Crippen LogP contribution in [0.4, 0.5) is 5.69 Å². The number of tetrazole rings is 1. The Labute approximate surface area is 231 Å². The second kappa shape index (κ2) is 12.5. The highest BCUT2D eigenvalue weighted by atomic mass is 16.2. The number of anilines is 1. The zero-order valence-corrected chi connectivity index (χ0v) is 22.0. The van der Waals surface area contributed by atoms with Crippen molar-refractivity contribution in [3.8, 4) is 22.5 Å². The summed E-state index contributed by atoms with van der Waals surface area (Å²) in [6.45, 7) is 0.639. The SMILES string of the molecule is NCC1CCC(C(=O)N[C@@H](Cc2ccc(-c3ccc(=O)[nH]c3)cc2)C(=O)Nc2ccc(-c3nn[nH]n3)cc2)CC1. The maximum atomic E-state index is 13.5. The fraction of sp³-hybridized carbons (Fsp3) is 0.310. The largest absolute Gasteiger partial charge is 0.344 e. The minimum atomic E-state index is -0.768. The van der Waals surface area contributed by atoms with Gasteiger partial charge < -0.3 is 21.4 Å². The van der Waals surface area contributed by atoms with Gasteiger partial charge in [-0.2, -0.15) is 5.21 Å². The second-order valence-corrected chi connectivity index (χ2v) is 10.2. The van der Waals surface area contributed by atoms with E-state index in [1.165, 1.54) is 6.07 Å². The monoisotopic (exact) mass is 540 g/mol. The van der Waals surface area contributed by atoms with Gasteiger partial charge in [0.05, 0.1) is 0 Å². The van der Waals surface area contributed by atoms with E-state index in [1.54, 1.807) is 36.5 Å². The number of nitrogens with zero attached hydrogens (tertiary/aromatic N) is 3. The summed E-state index contributed by atoms with van der Waals surface area (Å²) in [7, 11) is 0. The molecule has 206 valence electrons. The molecule has 0 saturated heterocycles. The van der Waals surface area contributed by atoms with Crippen molar-refractivity contribution in [1.29, 1.82) is 0 Å². The number of nitrogens with two attached hydrogens (primary N) is 1. The molecule has 2 heterocycles. The van der Waals surface area contributed by atoms with Gasteiger partial charge in [0.25, 0.3) is 0 Å². The summed E-state index contributed by atoms with van der Waals surface area (Å²) in [5.74, 6) is 0.376.